The second-order valence-electron chi connectivity index (χ2n) is 11.2. The first-order valence-corrected chi connectivity index (χ1v) is 16.7. The summed E-state index contributed by atoms with van der Waals surface area (Å²) in [5.74, 6) is 1.46. The molecule has 48 heavy (non-hydrogen) atoms. The molecular weight excluding hydrogens is 674 g/mol. The van der Waals surface area contributed by atoms with Crippen LogP contribution in [-0.4, -0.2) is 48.8 Å². The number of benzene rings is 4. The fourth-order valence-electron chi connectivity index (χ4n) is 5.68. The molecule has 0 radical (unpaired) electrons. The lowest BCUT2D eigenvalue weighted by atomic mass is 9.80. The van der Waals surface area contributed by atoms with Gasteiger partial charge in [0, 0.05) is 40.9 Å². The minimum Gasteiger partial charge on any atom is -0.494 e. The molecule has 0 saturated heterocycles. The highest BCUT2D eigenvalue weighted by molar-refractivity contribution is 9.10. The summed E-state index contributed by atoms with van der Waals surface area (Å²) >= 11 is 3.52. The van der Waals surface area contributed by atoms with Gasteiger partial charge in [-0.05, 0) is 83.6 Å². The van der Waals surface area contributed by atoms with Gasteiger partial charge in [0.2, 0.25) is 5.90 Å². The number of hydrogen-bond acceptors (Lipinski definition) is 7. The maximum atomic E-state index is 14.7. The van der Waals surface area contributed by atoms with Crippen LogP contribution < -0.4 is 14.8 Å². The SMILES string of the molecule is CCOc1ccccc1CCNC(=O)[C@]1(Cc2ccc(Br)cc2)N=C(c2ccc(OCCCO)cc2)O[C@@H]1c1ccccc1CN=[N+]=[N-]. The van der Waals surface area contributed by atoms with E-state index in [1.807, 2.05) is 104 Å². The predicted octanol–water partition coefficient (Wildman–Crippen LogP) is 7.28. The molecule has 1 aliphatic rings. The highest BCUT2D eigenvalue weighted by atomic mass is 79.9. The van der Waals surface area contributed by atoms with Gasteiger partial charge in [-0.3, -0.25) is 4.79 Å². The molecule has 0 aromatic heterocycles. The summed E-state index contributed by atoms with van der Waals surface area (Å²) in [6.07, 6.45) is 0.495. The van der Waals surface area contributed by atoms with Gasteiger partial charge in [-0.1, -0.05) is 75.6 Å². The predicted molar refractivity (Wildman–Crippen MR) is 188 cm³/mol. The van der Waals surface area contributed by atoms with Crippen LogP contribution in [0.15, 0.2) is 112 Å². The van der Waals surface area contributed by atoms with Crippen molar-refractivity contribution >= 4 is 27.7 Å². The Morgan fingerprint density at radius 3 is 2.48 bits per heavy atom. The van der Waals surface area contributed by atoms with Crippen LogP contribution in [0.1, 0.15) is 47.3 Å². The van der Waals surface area contributed by atoms with Crippen molar-refractivity contribution in [3.8, 4) is 11.5 Å². The topological polar surface area (TPSA) is 138 Å². The number of halogens is 1. The summed E-state index contributed by atoms with van der Waals surface area (Å²) in [6, 6.07) is 30.4. The lowest BCUT2D eigenvalue weighted by molar-refractivity contribution is -0.128. The van der Waals surface area contributed by atoms with Gasteiger partial charge in [0.25, 0.3) is 5.91 Å². The first-order chi connectivity index (χ1) is 23.5. The van der Waals surface area contributed by atoms with E-state index in [1.165, 1.54) is 0 Å². The fourth-order valence-corrected chi connectivity index (χ4v) is 5.95. The molecule has 2 atom stereocenters. The van der Waals surface area contributed by atoms with E-state index in [0.717, 1.165) is 26.9 Å². The number of amides is 1. The van der Waals surface area contributed by atoms with Gasteiger partial charge in [-0.25, -0.2) is 4.99 Å². The van der Waals surface area contributed by atoms with Crippen molar-refractivity contribution in [3.63, 3.8) is 0 Å². The molecule has 0 fully saturated rings. The number of ether oxygens (including phenoxy) is 3. The van der Waals surface area contributed by atoms with Crippen LogP contribution in [0, 0.1) is 0 Å². The van der Waals surface area contributed by atoms with Crippen LogP contribution in [0.4, 0.5) is 0 Å². The Morgan fingerprint density at radius 2 is 1.75 bits per heavy atom. The molecule has 1 amide bonds. The van der Waals surface area contributed by atoms with Crippen molar-refractivity contribution in [2.75, 3.05) is 26.4 Å². The molecule has 0 aliphatic carbocycles. The van der Waals surface area contributed by atoms with E-state index in [4.69, 9.17) is 29.8 Å². The molecule has 1 heterocycles. The summed E-state index contributed by atoms with van der Waals surface area (Å²) in [4.78, 5) is 22.8. The van der Waals surface area contributed by atoms with Gasteiger partial charge < -0.3 is 24.6 Å². The summed E-state index contributed by atoms with van der Waals surface area (Å²) in [7, 11) is 0. The Balaban J connectivity index is 1.55. The van der Waals surface area contributed by atoms with E-state index in [1.54, 1.807) is 0 Å². The molecule has 0 spiro atoms. The van der Waals surface area contributed by atoms with Gasteiger partial charge >= 0.3 is 0 Å². The third kappa shape index (κ3) is 8.36. The maximum Gasteiger partial charge on any atom is 0.252 e. The number of aliphatic imine (C=N–C) groups is 1. The Morgan fingerprint density at radius 1 is 1.02 bits per heavy atom. The van der Waals surface area contributed by atoms with Crippen LogP contribution in [0.2, 0.25) is 0 Å². The number of aliphatic hydroxyl groups is 1. The first kappa shape index (κ1) is 34.5. The second kappa shape index (κ2) is 16.8. The average molecular weight is 713 g/mol. The van der Waals surface area contributed by atoms with Crippen LogP contribution in [-0.2, 0) is 28.9 Å². The zero-order chi connectivity index (χ0) is 33.8. The van der Waals surface area contributed by atoms with Crippen molar-refractivity contribution in [2.45, 2.75) is 44.4 Å². The number of azide groups is 1. The molecule has 10 nitrogen and oxygen atoms in total. The molecule has 0 bridgehead atoms. The lowest BCUT2D eigenvalue weighted by Crippen LogP contribution is -2.50. The minimum absolute atomic E-state index is 0.0484. The zero-order valence-corrected chi connectivity index (χ0v) is 28.3. The minimum atomic E-state index is -1.41. The van der Waals surface area contributed by atoms with Crippen molar-refractivity contribution < 1.29 is 24.1 Å². The third-order valence-corrected chi connectivity index (χ3v) is 8.54. The van der Waals surface area contributed by atoms with Gasteiger partial charge in [0.05, 0.1) is 19.8 Å². The fraction of sp³-hybridized carbons (Fsp3) is 0.297. The van der Waals surface area contributed by atoms with Gasteiger partial charge in [-0.2, -0.15) is 0 Å². The molecular formula is C37H38BrN5O5. The lowest BCUT2D eigenvalue weighted by Gasteiger charge is -2.32. The molecule has 4 aromatic carbocycles. The number of nitrogens with one attached hydrogen (secondary N) is 1. The van der Waals surface area contributed by atoms with E-state index in [-0.39, 0.29) is 25.5 Å². The van der Waals surface area contributed by atoms with Gasteiger partial charge in [0.15, 0.2) is 11.6 Å². The van der Waals surface area contributed by atoms with Crippen LogP contribution in [0.3, 0.4) is 0 Å². The van der Waals surface area contributed by atoms with Crippen LogP contribution >= 0.6 is 15.9 Å². The smallest absolute Gasteiger partial charge is 0.252 e. The van der Waals surface area contributed by atoms with E-state index in [2.05, 4.69) is 31.3 Å². The monoisotopic (exact) mass is 711 g/mol. The summed E-state index contributed by atoms with van der Waals surface area (Å²) in [5, 5.41) is 16.1. The van der Waals surface area contributed by atoms with Crippen molar-refractivity contribution in [1.29, 1.82) is 0 Å². The number of para-hydroxylation sites is 1. The molecule has 0 saturated carbocycles. The molecule has 5 rings (SSSR count). The number of carbonyl (C=O) groups is 1. The van der Waals surface area contributed by atoms with E-state index in [9.17, 15) is 4.79 Å². The van der Waals surface area contributed by atoms with E-state index < -0.39 is 11.6 Å². The number of hydrogen-bond donors (Lipinski definition) is 2. The quantitative estimate of drug-likeness (QED) is 0.0545. The highest BCUT2D eigenvalue weighted by Gasteiger charge is 2.53. The molecule has 11 heteroatoms. The molecule has 1 aliphatic heterocycles. The number of rotatable bonds is 16. The average Bonchev–Trinajstić information content (AvgIpc) is 3.50. The standard InChI is InChI=1S/C37H38BrN5O5/c1-2-46-33-11-6-4-8-27(33)20-21-40-36(45)37(24-26-12-16-30(38)17-13-26)34(32-10-5-3-9-29(32)25-41-43-39)48-35(42-37)28-14-18-31(19-15-28)47-23-7-22-44/h3-6,8-19,34,44H,2,7,20-25H2,1H3,(H,40,45)/t34-,37-/m1/s1. The number of carbonyl (C=O) groups excluding carboxylic acids is 1. The van der Waals surface area contributed by atoms with E-state index in [0.29, 0.717) is 55.4 Å². The summed E-state index contributed by atoms with van der Waals surface area (Å²) < 4.78 is 19.1. The van der Waals surface area contributed by atoms with Gasteiger partial charge in [-0.15, -0.1) is 0 Å². The molecule has 0 unspecified atom stereocenters. The summed E-state index contributed by atoms with van der Waals surface area (Å²) in [6.45, 7) is 3.36. The second-order valence-corrected chi connectivity index (χ2v) is 12.1. The van der Waals surface area contributed by atoms with Gasteiger partial charge in [0.1, 0.15) is 11.5 Å². The number of nitrogens with zero attached hydrogens (tertiary/aromatic N) is 4. The Hall–Kier alpha value is -4.83. The normalized spacial score (nSPS) is 16.7. The maximum absolute atomic E-state index is 14.7. The molecule has 4 aromatic rings. The van der Waals surface area contributed by atoms with Crippen molar-refractivity contribution in [2.24, 2.45) is 10.1 Å². The first-order valence-electron chi connectivity index (χ1n) is 15.9. The van der Waals surface area contributed by atoms with Crippen molar-refractivity contribution in [3.05, 3.63) is 140 Å². The Labute approximate surface area is 288 Å². The largest absolute Gasteiger partial charge is 0.494 e. The molecule has 2 N–H and O–H groups in total. The Bertz CT molecular complexity index is 1760. The Kier molecular flexibility index (Phi) is 12.1. The van der Waals surface area contributed by atoms with Crippen LogP contribution in [0.25, 0.3) is 10.4 Å². The highest BCUT2D eigenvalue weighted by Crippen LogP contribution is 2.44. The zero-order valence-electron chi connectivity index (χ0n) is 26.7. The van der Waals surface area contributed by atoms with E-state index >= 15 is 0 Å². The summed E-state index contributed by atoms with van der Waals surface area (Å²) in [5.41, 5.74) is 11.7. The molecule has 248 valence electrons. The van der Waals surface area contributed by atoms with Crippen molar-refractivity contribution in [1.82, 2.24) is 5.32 Å². The van der Waals surface area contributed by atoms with Crippen LogP contribution in [0.5, 0.6) is 11.5 Å². The number of aliphatic hydroxyl groups excluding tert-OH is 1. The third-order valence-electron chi connectivity index (χ3n) is 8.01.